The molecule has 0 aliphatic carbocycles. The van der Waals surface area contributed by atoms with Crippen molar-refractivity contribution in [2.24, 2.45) is 0 Å². The lowest BCUT2D eigenvalue weighted by atomic mass is 11.0. The van der Waals surface area contributed by atoms with Crippen LogP contribution in [0.4, 0.5) is 11.9 Å². The van der Waals surface area contributed by atoms with E-state index in [9.17, 15) is 0 Å². The van der Waals surface area contributed by atoms with E-state index in [1.165, 1.54) is 0 Å². The third kappa shape index (κ3) is 7.50. The average molecular weight is 566 g/mol. The smallest absolute Gasteiger partial charge is 0.337 e. The van der Waals surface area contributed by atoms with Crippen molar-refractivity contribution in [1.29, 1.82) is 0 Å². The van der Waals surface area contributed by atoms with Crippen LogP contribution >= 0.6 is 59.8 Å². The number of imidazole rings is 2. The molecule has 0 radical (unpaired) electrons. The first kappa shape index (κ1) is 16.6. The summed E-state index contributed by atoms with van der Waals surface area (Å²) < 4.78 is 0.897. The zero-order chi connectivity index (χ0) is 13.1. The Morgan fingerprint density at radius 3 is 2.00 bits per heavy atom. The summed E-state index contributed by atoms with van der Waals surface area (Å²) in [5.41, 5.74) is 0. The molecule has 0 aromatic carbocycles. The van der Waals surface area contributed by atoms with Gasteiger partial charge >= 0.3 is 11.9 Å². The fourth-order valence-corrected chi connectivity index (χ4v) is 1.04. The van der Waals surface area contributed by atoms with Crippen molar-refractivity contribution in [3.63, 3.8) is 0 Å². The largest absolute Gasteiger partial charge is 0.397 e. The number of hydrogen-bond donors (Lipinski definition) is 2. The van der Waals surface area contributed by atoms with Crippen LogP contribution in [-0.4, -0.2) is 19.9 Å². The molecule has 0 aliphatic heterocycles. The SMILES string of the molecule is II.[C-]#[N+]c1ncc(I)[nH]1.[C-]#[N+]c1ncc[nH]1. The van der Waals surface area contributed by atoms with Gasteiger partial charge in [-0.1, -0.05) is 0 Å². The first-order valence-electron chi connectivity index (χ1n) is 3.85. The summed E-state index contributed by atoms with van der Waals surface area (Å²) in [6.45, 7) is 12.9. The Morgan fingerprint density at radius 2 is 1.76 bits per heavy atom. The molecule has 0 saturated heterocycles. The second kappa shape index (κ2) is 10.7. The van der Waals surface area contributed by atoms with Crippen LogP contribution < -0.4 is 0 Å². The second-order valence-electron chi connectivity index (χ2n) is 2.19. The lowest BCUT2D eigenvalue weighted by molar-refractivity contribution is 1.34. The molecular weight excluding hydrogens is 561 g/mol. The van der Waals surface area contributed by atoms with Gasteiger partial charge in [-0.2, -0.15) is 9.97 Å². The number of nitrogens with one attached hydrogen (secondary N) is 2. The Labute approximate surface area is 135 Å². The lowest BCUT2D eigenvalue weighted by Crippen LogP contribution is -1.60. The normalized spacial score (nSPS) is 7.59. The maximum Gasteiger partial charge on any atom is 0.337 e. The summed E-state index contributed by atoms with van der Waals surface area (Å²) in [7, 11) is 0. The standard InChI is InChI=1S/C4H2IN3.C4H3N3.I2/c1-6-4-7-2-3(5)8-4;1-5-4-6-2-3-7-4;1-2/h2H,(H,7,8);2-3H,(H,6,7);. The van der Waals surface area contributed by atoms with Crippen molar-refractivity contribution in [2.45, 2.75) is 0 Å². The van der Waals surface area contributed by atoms with Gasteiger partial charge in [-0.05, 0) is 22.6 Å². The number of rotatable bonds is 0. The third-order valence-corrected chi connectivity index (χ3v) is 1.78. The first-order valence-corrected chi connectivity index (χ1v) is 11.2. The summed E-state index contributed by atoms with van der Waals surface area (Å²) in [4.78, 5) is 18.8. The van der Waals surface area contributed by atoms with Crippen LogP contribution in [0.2, 0.25) is 0 Å². The second-order valence-corrected chi connectivity index (χ2v) is 3.35. The molecule has 88 valence electrons. The highest BCUT2D eigenvalue weighted by Gasteiger charge is 1.93. The fraction of sp³-hybridized carbons (Fsp3) is 0. The number of hydrogen-bond acceptors (Lipinski definition) is 2. The maximum absolute atomic E-state index is 6.48. The molecule has 0 aliphatic rings. The predicted octanol–water partition coefficient (Wildman–Crippen LogP) is 4.30. The topological polar surface area (TPSA) is 66.1 Å². The highest BCUT2D eigenvalue weighted by Crippen LogP contribution is 2.06. The summed E-state index contributed by atoms with van der Waals surface area (Å²) in [6, 6.07) is 0. The van der Waals surface area contributed by atoms with Gasteiger partial charge in [0, 0.05) is 37.2 Å². The molecule has 0 fully saturated rings. The molecule has 2 heterocycles. The molecule has 17 heavy (non-hydrogen) atoms. The number of nitrogens with zero attached hydrogens (tertiary/aromatic N) is 4. The van der Waals surface area contributed by atoms with Crippen molar-refractivity contribution in [2.75, 3.05) is 0 Å². The quantitative estimate of drug-likeness (QED) is 0.370. The van der Waals surface area contributed by atoms with Gasteiger partial charge in [0.1, 0.15) is 12.4 Å². The van der Waals surface area contributed by atoms with Gasteiger partial charge in [-0.25, -0.2) is 0 Å². The first-order chi connectivity index (χ1) is 8.26. The summed E-state index contributed by atoms with van der Waals surface area (Å²) in [5.74, 6) is 0.703. The van der Waals surface area contributed by atoms with Crippen LogP contribution in [0.25, 0.3) is 9.69 Å². The minimum Gasteiger partial charge on any atom is -0.397 e. The molecule has 0 unspecified atom stereocenters. The molecule has 2 rings (SSSR count). The van der Waals surface area contributed by atoms with Crippen molar-refractivity contribution >= 4 is 71.7 Å². The Balaban J connectivity index is 0.000000265. The van der Waals surface area contributed by atoms with Crippen molar-refractivity contribution < 1.29 is 0 Å². The summed E-state index contributed by atoms with van der Waals surface area (Å²) in [6.07, 6.45) is 4.79. The van der Waals surface area contributed by atoms with Crippen LogP contribution in [0.3, 0.4) is 0 Å². The minimum atomic E-state index is 0.347. The summed E-state index contributed by atoms with van der Waals surface area (Å²) >= 11 is 6.30. The molecule has 9 heteroatoms. The molecular formula is C8H5I3N6. The van der Waals surface area contributed by atoms with E-state index in [-0.39, 0.29) is 0 Å². The molecule has 6 nitrogen and oxygen atoms in total. The van der Waals surface area contributed by atoms with Crippen molar-refractivity contribution in [3.8, 4) is 0 Å². The summed E-state index contributed by atoms with van der Waals surface area (Å²) in [5, 5.41) is 0. The molecule has 0 amide bonds. The number of halogens is 3. The molecule has 0 saturated carbocycles. The van der Waals surface area contributed by atoms with E-state index in [2.05, 4.69) is 89.4 Å². The van der Waals surface area contributed by atoms with E-state index >= 15 is 0 Å². The van der Waals surface area contributed by atoms with Crippen LogP contribution in [0.15, 0.2) is 18.6 Å². The highest BCUT2D eigenvalue weighted by molar-refractivity contribution is 15.0. The van der Waals surface area contributed by atoms with Crippen molar-refractivity contribution in [3.05, 3.63) is 45.1 Å². The Hall–Kier alpha value is -0.410. The van der Waals surface area contributed by atoms with E-state index in [1.807, 2.05) is 0 Å². The third-order valence-electron chi connectivity index (χ3n) is 1.23. The minimum absolute atomic E-state index is 0.347. The van der Waals surface area contributed by atoms with Crippen LogP contribution in [-0.2, 0) is 0 Å². The number of aromatic nitrogens is 4. The van der Waals surface area contributed by atoms with E-state index < -0.39 is 0 Å². The zero-order valence-electron chi connectivity index (χ0n) is 8.15. The van der Waals surface area contributed by atoms with Gasteiger partial charge in [0.2, 0.25) is 0 Å². The molecule has 2 aromatic rings. The highest BCUT2D eigenvalue weighted by atomic mass is 128. The zero-order valence-corrected chi connectivity index (χ0v) is 14.6. The van der Waals surface area contributed by atoms with Gasteiger partial charge in [0.15, 0.2) is 3.70 Å². The Kier molecular flexibility index (Phi) is 10.5. The van der Waals surface area contributed by atoms with Crippen LogP contribution in [0, 0.1) is 16.8 Å². The van der Waals surface area contributed by atoms with E-state index in [0.29, 0.717) is 11.9 Å². The van der Waals surface area contributed by atoms with Gasteiger partial charge in [0.25, 0.3) is 0 Å². The molecule has 2 N–H and O–H groups in total. The van der Waals surface area contributed by atoms with Crippen molar-refractivity contribution in [1.82, 2.24) is 19.9 Å². The molecule has 0 bridgehead atoms. The molecule has 0 spiro atoms. The predicted molar refractivity (Wildman–Crippen MR) is 90.5 cm³/mol. The number of aromatic amines is 2. The molecule has 0 atom stereocenters. The maximum atomic E-state index is 6.48. The van der Waals surface area contributed by atoms with Crippen LogP contribution in [0.1, 0.15) is 0 Å². The van der Waals surface area contributed by atoms with E-state index in [4.69, 9.17) is 13.1 Å². The van der Waals surface area contributed by atoms with E-state index in [0.717, 1.165) is 3.70 Å². The Bertz CT molecular complexity index is 492. The molecule has 2 aromatic heterocycles. The van der Waals surface area contributed by atoms with Gasteiger partial charge in [-0.3, -0.25) is 4.98 Å². The van der Waals surface area contributed by atoms with Gasteiger partial charge in [-0.15, -0.1) is 13.1 Å². The monoisotopic (exact) mass is 566 g/mol. The number of H-pyrrole nitrogens is 2. The van der Waals surface area contributed by atoms with Gasteiger partial charge in [0.05, 0.1) is 6.20 Å². The Morgan fingerprint density at radius 1 is 1.12 bits per heavy atom. The fourth-order valence-electron chi connectivity index (χ4n) is 0.664. The van der Waals surface area contributed by atoms with E-state index in [1.54, 1.807) is 18.6 Å². The lowest BCUT2D eigenvalue weighted by Gasteiger charge is -1.72. The van der Waals surface area contributed by atoms with Crippen LogP contribution in [0.5, 0.6) is 0 Å². The average Bonchev–Trinajstić information content (AvgIpc) is 3.03. The van der Waals surface area contributed by atoms with Gasteiger partial charge < -0.3 is 14.7 Å².